The molecule has 36 heavy (non-hydrogen) atoms. The van der Waals surface area contributed by atoms with Gasteiger partial charge < -0.3 is 0 Å². The van der Waals surface area contributed by atoms with Gasteiger partial charge in [0.25, 0.3) is 0 Å². The molecule has 0 aliphatic rings. The van der Waals surface area contributed by atoms with E-state index in [9.17, 15) is 0 Å². The van der Waals surface area contributed by atoms with E-state index in [-0.39, 0.29) is 10.8 Å². The molecule has 0 aromatic heterocycles. The Morgan fingerprint density at radius 1 is 0.583 bits per heavy atom. The first-order chi connectivity index (χ1) is 17.2. The van der Waals surface area contributed by atoms with Crippen LogP contribution < -0.4 is 0 Å². The van der Waals surface area contributed by atoms with E-state index < -0.39 is 0 Å². The third-order valence-corrected chi connectivity index (χ3v) is 6.72. The largest absolute Gasteiger partial charge is 0.0952 e. The van der Waals surface area contributed by atoms with Crippen molar-refractivity contribution in [3.63, 3.8) is 0 Å². The predicted octanol–water partition coefficient (Wildman–Crippen LogP) is 10.1. The molecule has 0 atom stereocenters. The quantitative estimate of drug-likeness (QED) is 0.251. The van der Waals surface area contributed by atoms with Crippen LogP contribution in [-0.2, 0) is 10.8 Å². The summed E-state index contributed by atoms with van der Waals surface area (Å²) < 4.78 is 0. The van der Waals surface area contributed by atoms with E-state index >= 15 is 0 Å². The molecule has 0 saturated carbocycles. The van der Waals surface area contributed by atoms with E-state index in [0.29, 0.717) is 0 Å². The molecule has 0 spiro atoms. The zero-order valence-electron chi connectivity index (χ0n) is 22.5. The molecule has 0 N–H and O–H groups in total. The Bertz CT molecular complexity index is 1230. The first kappa shape index (κ1) is 27.0. The van der Waals surface area contributed by atoms with Gasteiger partial charge in [-0.25, -0.2) is 0 Å². The van der Waals surface area contributed by atoms with Crippen LogP contribution in [0.1, 0.15) is 63.3 Å². The monoisotopic (exact) mass is 472 g/mol. The lowest BCUT2D eigenvalue weighted by molar-refractivity contribution is 0.542. The summed E-state index contributed by atoms with van der Waals surface area (Å²) >= 11 is 0. The molecular weight excluding hydrogens is 432 g/mol. The van der Waals surface area contributed by atoms with Gasteiger partial charge in [0, 0.05) is 5.41 Å². The molecule has 184 valence electrons. The van der Waals surface area contributed by atoms with Gasteiger partial charge in [-0.05, 0) is 52.2 Å². The average molecular weight is 473 g/mol. The second kappa shape index (κ2) is 12.4. The van der Waals surface area contributed by atoms with E-state index in [1.165, 1.54) is 33.4 Å². The second-order valence-electron chi connectivity index (χ2n) is 10.7. The Hall–Kier alpha value is -3.64. The highest BCUT2D eigenvalue weighted by Crippen LogP contribution is 2.33. The van der Waals surface area contributed by atoms with Crippen molar-refractivity contribution in [3.05, 3.63) is 156 Å². The number of allylic oxidation sites excluding steroid dienone is 3. The zero-order chi connectivity index (χ0) is 26.0. The molecule has 4 rings (SSSR count). The molecule has 4 aromatic carbocycles. The van der Waals surface area contributed by atoms with Crippen molar-refractivity contribution in [3.8, 4) is 0 Å². The summed E-state index contributed by atoms with van der Waals surface area (Å²) in [6, 6.07) is 42.3. The normalized spacial score (nSPS) is 11.9. The number of hydrogen-bond acceptors (Lipinski definition) is 0. The van der Waals surface area contributed by atoms with E-state index in [1.54, 1.807) is 0 Å². The SMILES string of the molecule is C/C(=C/C(C)(C)c1ccccc1)c1ccccc1.C=C(CC(C)(C)c1ccccc1)c1ccccc1. The fraction of sp³-hybridized carbons (Fsp3) is 0.222. The van der Waals surface area contributed by atoms with Crippen LogP contribution in [0.15, 0.2) is 134 Å². The second-order valence-corrected chi connectivity index (χ2v) is 10.7. The van der Waals surface area contributed by atoms with Crippen LogP contribution in [0.3, 0.4) is 0 Å². The fourth-order valence-corrected chi connectivity index (χ4v) is 4.58. The number of hydrogen-bond donors (Lipinski definition) is 0. The standard InChI is InChI=1S/2C18H20/c2*1-15(16-10-6-4-7-11-16)14-18(2,3)17-12-8-5-9-13-17/h4-14H,1-3H3;4-13H,1,14H2,2-3H3/b15-14-;. The molecule has 0 unspecified atom stereocenters. The van der Waals surface area contributed by atoms with Gasteiger partial charge >= 0.3 is 0 Å². The Morgan fingerprint density at radius 2 is 0.972 bits per heavy atom. The highest BCUT2D eigenvalue weighted by atomic mass is 14.3. The predicted molar refractivity (Wildman–Crippen MR) is 159 cm³/mol. The van der Waals surface area contributed by atoms with Gasteiger partial charge in [-0.2, -0.15) is 0 Å². The summed E-state index contributed by atoms with van der Waals surface area (Å²) in [7, 11) is 0. The third-order valence-electron chi connectivity index (χ3n) is 6.72. The van der Waals surface area contributed by atoms with Crippen LogP contribution in [0.4, 0.5) is 0 Å². The topological polar surface area (TPSA) is 0 Å². The maximum absolute atomic E-state index is 4.24. The fourth-order valence-electron chi connectivity index (χ4n) is 4.58. The van der Waals surface area contributed by atoms with Gasteiger partial charge in [-0.1, -0.05) is 162 Å². The van der Waals surface area contributed by atoms with Crippen LogP contribution in [0.25, 0.3) is 11.1 Å². The van der Waals surface area contributed by atoms with Crippen LogP contribution in [0.5, 0.6) is 0 Å². The molecule has 0 heteroatoms. The number of rotatable bonds is 7. The minimum atomic E-state index is 0.0567. The molecule has 0 nitrogen and oxygen atoms in total. The van der Waals surface area contributed by atoms with Crippen LogP contribution >= 0.6 is 0 Å². The molecule has 4 aromatic rings. The minimum Gasteiger partial charge on any atom is -0.0952 e. The molecule has 0 aliphatic carbocycles. The first-order valence-corrected chi connectivity index (χ1v) is 12.8. The average Bonchev–Trinajstić information content (AvgIpc) is 2.90. The van der Waals surface area contributed by atoms with E-state index in [1.807, 2.05) is 6.07 Å². The molecule has 0 fully saturated rings. The molecule has 0 aliphatic heterocycles. The summed E-state index contributed by atoms with van der Waals surface area (Å²) in [5.41, 5.74) is 7.94. The highest BCUT2D eigenvalue weighted by Gasteiger charge is 2.21. The van der Waals surface area contributed by atoms with Crippen molar-refractivity contribution >= 4 is 11.1 Å². The van der Waals surface area contributed by atoms with Gasteiger partial charge in [-0.3, -0.25) is 0 Å². The van der Waals surface area contributed by atoms with Gasteiger partial charge in [0.05, 0.1) is 0 Å². The Kier molecular flexibility index (Phi) is 9.25. The van der Waals surface area contributed by atoms with E-state index in [4.69, 9.17) is 0 Å². The van der Waals surface area contributed by atoms with E-state index in [2.05, 4.69) is 163 Å². The maximum Gasteiger partial charge on any atom is 0.00812 e. The molecule has 0 heterocycles. The van der Waals surface area contributed by atoms with Crippen LogP contribution in [0.2, 0.25) is 0 Å². The van der Waals surface area contributed by atoms with Gasteiger partial charge in [-0.15, -0.1) is 0 Å². The Morgan fingerprint density at radius 3 is 1.44 bits per heavy atom. The molecule has 0 amide bonds. The summed E-state index contributed by atoms with van der Waals surface area (Å²) in [5, 5.41) is 0. The molecule has 0 saturated heterocycles. The first-order valence-electron chi connectivity index (χ1n) is 12.8. The lowest BCUT2D eigenvalue weighted by Crippen LogP contribution is -2.17. The van der Waals surface area contributed by atoms with Crippen molar-refractivity contribution in [2.24, 2.45) is 0 Å². The summed E-state index contributed by atoms with van der Waals surface area (Å²) in [6.45, 7) is 15.5. The van der Waals surface area contributed by atoms with Gasteiger partial charge in [0.2, 0.25) is 0 Å². The van der Waals surface area contributed by atoms with Crippen molar-refractivity contribution in [1.82, 2.24) is 0 Å². The van der Waals surface area contributed by atoms with Crippen molar-refractivity contribution in [1.29, 1.82) is 0 Å². The summed E-state index contributed by atoms with van der Waals surface area (Å²) in [6.07, 6.45) is 3.32. The minimum absolute atomic E-state index is 0.0567. The third kappa shape index (κ3) is 7.68. The number of benzene rings is 4. The van der Waals surface area contributed by atoms with Gasteiger partial charge in [0.1, 0.15) is 0 Å². The molecule has 0 radical (unpaired) electrons. The Labute approximate surface area is 219 Å². The maximum atomic E-state index is 4.24. The Balaban J connectivity index is 0.000000201. The van der Waals surface area contributed by atoms with Crippen LogP contribution in [-0.4, -0.2) is 0 Å². The van der Waals surface area contributed by atoms with Gasteiger partial charge in [0.15, 0.2) is 0 Å². The van der Waals surface area contributed by atoms with Crippen molar-refractivity contribution in [2.75, 3.05) is 0 Å². The van der Waals surface area contributed by atoms with Crippen LogP contribution in [0, 0.1) is 0 Å². The zero-order valence-corrected chi connectivity index (χ0v) is 22.5. The van der Waals surface area contributed by atoms with E-state index in [0.717, 1.165) is 6.42 Å². The smallest absolute Gasteiger partial charge is 0.00812 e. The summed E-state index contributed by atoms with van der Waals surface area (Å²) in [4.78, 5) is 0. The van der Waals surface area contributed by atoms with Crippen molar-refractivity contribution < 1.29 is 0 Å². The molecule has 0 bridgehead atoms. The lowest BCUT2D eigenvalue weighted by Gasteiger charge is -2.26. The highest BCUT2D eigenvalue weighted by molar-refractivity contribution is 5.65. The van der Waals surface area contributed by atoms with Crippen molar-refractivity contribution in [2.45, 2.75) is 51.9 Å². The molecular formula is C36H40. The summed E-state index contributed by atoms with van der Waals surface area (Å²) in [5.74, 6) is 0. The lowest BCUT2D eigenvalue weighted by atomic mass is 9.78.